The van der Waals surface area contributed by atoms with E-state index >= 15 is 0 Å². The van der Waals surface area contributed by atoms with Gasteiger partial charge in [0, 0.05) is 18.2 Å². The van der Waals surface area contributed by atoms with Gasteiger partial charge in [0.1, 0.15) is 28.6 Å². The lowest BCUT2D eigenvalue weighted by atomic mass is 10.1. The predicted octanol–water partition coefficient (Wildman–Crippen LogP) is 2.21. The largest absolute Gasteiger partial charge is 0.508 e. The monoisotopic (exact) mass is 338 g/mol. The van der Waals surface area contributed by atoms with Crippen LogP contribution < -0.4 is 14.2 Å². The minimum Gasteiger partial charge on any atom is -0.508 e. The molecule has 0 aromatic heterocycles. The van der Waals surface area contributed by atoms with Gasteiger partial charge in [-0.25, -0.2) is 4.79 Å². The van der Waals surface area contributed by atoms with Gasteiger partial charge >= 0.3 is 5.97 Å². The van der Waals surface area contributed by atoms with Crippen molar-refractivity contribution in [1.29, 1.82) is 0 Å². The van der Waals surface area contributed by atoms with Crippen LogP contribution in [0, 0.1) is 0 Å². The van der Waals surface area contributed by atoms with Gasteiger partial charge < -0.3 is 34.6 Å². The Balaban J connectivity index is 0.000000272. The summed E-state index contributed by atoms with van der Waals surface area (Å²) in [6.07, 6.45) is 0. The van der Waals surface area contributed by atoms with Gasteiger partial charge in [-0.3, -0.25) is 0 Å². The zero-order chi connectivity index (χ0) is 18.3. The normalized spacial score (nSPS) is 9.46. The van der Waals surface area contributed by atoms with Crippen LogP contribution in [0.25, 0.3) is 0 Å². The molecule has 2 aromatic rings. The molecule has 0 heterocycles. The number of ether oxygens (including phenoxy) is 3. The van der Waals surface area contributed by atoms with Crippen LogP contribution in [0.1, 0.15) is 10.4 Å². The highest BCUT2D eigenvalue weighted by atomic mass is 16.5. The SMILES string of the molecule is COc1ccc(OC)c(C(=O)O)c1OC.Oc1cc(O)cc(O)c1. The second-order valence-corrected chi connectivity index (χ2v) is 4.39. The van der Waals surface area contributed by atoms with E-state index in [1.807, 2.05) is 0 Å². The van der Waals surface area contributed by atoms with Crippen molar-refractivity contribution < 1.29 is 39.4 Å². The smallest absolute Gasteiger partial charge is 0.343 e. The molecule has 0 saturated heterocycles. The van der Waals surface area contributed by atoms with Gasteiger partial charge in [-0.1, -0.05) is 0 Å². The molecule has 0 fully saturated rings. The van der Waals surface area contributed by atoms with Crippen LogP contribution in [0.5, 0.6) is 34.5 Å². The van der Waals surface area contributed by atoms with E-state index in [0.29, 0.717) is 5.75 Å². The van der Waals surface area contributed by atoms with Gasteiger partial charge in [-0.15, -0.1) is 0 Å². The van der Waals surface area contributed by atoms with Crippen molar-refractivity contribution in [2.75, 3.05) is 21.3 Å². The van der Waals surface area contributed by atoms with Crippen LogP contribution in [0.15, 0.2) is 30.3 Å². The maximum Gasteiger partial charge on any atom is 0.343 e. The first-order valence-corrected chi connectivity index (χ1v) is 6.58. The van der Waals surface area contributed by atoms with E-state index < -0.39 is 5.97 Å². The summed E-state index contributed by atoms with van der Waals surface area (Å²) in [7, 11) is 4.22. The van der Waals surface area contributed by atoms with E-state index in [-0.39, 0.29) is 34.3 Å². The van der Waals surface area contributed by atoms with Crippen molar-refractivity contribution >= 4 is 5.97 Å². The Bertz CT molecular complexity index is 661. The van der Waals surface area contributed by atoms with Crippen LogP contribution in [-0.2, 0) is 0 Å². The molecule has 0 atom stereocenters. The van der Waals surface area contributed by atoms with Gasteiger partial charge in [0.05, 0.1) is 21.3 Å². The number of carboxylic acids is 1. The minimum atomic E-state index is -1.12. The summed E-state index contributed by atoms with van der Waals surface area (Å²) in [4.78, 5) is 11.0. The minimum absolute atomic E-state index is 0.0423. The van der Waals surface area contributed by atoms with Gasteiger partial charge in [0.15, 0.2) is 11.5 Å². The number of hydrogen-bond donors (Lipinski definition) is 4. The fourth-order valence-electron chi connectivity index (χ4n) is 1.86. The highest BCUT2D eigenvalue weighted by Crippen LogP contribution is 2.37. The van der Waals surface area contributed by atoms with Crippen molar-refractivity contribution in [3.8, 4) is 34.5 Å². The van der Waals surface area contributed by atoms with E-state index in [1.165, 1.54) is 27.4 Å². The number of phenolic OH excluding ortho intramolecular Hbond substituents is 3. The summed E-state index contributed by atoms with van der Waals surface area (Å²) < 4.78 is 14.9. The maximum atomic E-state index is 11.0. The number of aromatic carboxylic acids is 1. The molecule has 0 saturated carbocycles. The Labute approximate surface area is 138 Å². The molecule has 0 amide bonds. The molecule has 0 radical (unpaired) electrons. The van der Waals surface area contributed by atoms with Crippen molar-refractivity contribution in [2.24, 2.45) is 0 Å². The summed E-state index contributed by atoms with van der Waals surface area (Å²) in [5, 5.41) is 35.0. The van der Waals surface area contributed by atoms with E-state index in [9.17, 15) is 4.79 Å². The summed E-state index contributed by atoms with van der Waals surface area (Å²) in [6, 6.07) is 6.52. The third-order valence-electron chi connectivity index (χ3n) is 2.83. The molecule has 0 aliphatic heterocycles. The highest BCUT2D eigenvalue weighted by molar-refractivity contribution is 5.95. The van der Waals surface area contributed by atoms with Crippen molar-refractivity contribution in [3.63, 3.8) is 0 Å². The van der Waals surface area contributed by atoms with Crippen molar-refractivity contribution in [3.05, 3.63) is 35.9 Å². The summed E-state index contributed by atoms with van der Waals surface area (Å²) in [5.41, 5.74) is -0.0423. The lowest BCUT2D eigenvalue weighted by Crippen LogP contribution is -2.05. The zero-order valence-electron chi connectivity index (χ0n) is 13.3. The van der Waals surface area contributed by atoms with Gasteiger partial charge in [0.2, 0.25) is 0 Å². The molecule has 0 spiro atoms. The first-order chi connectivity index (χ1) is 11.3. The fourth-order valence-corrected chi connectivity index (χ4v) is 1.86. The number of phenols is 3. The van der Waals surface area contributed by atoms with Gasteiger partial charge in [-0.2, -0.15) is 0 Å². The van der Waals surface area contributed by atoms with E-state index in [0.717, 1.165) is 18.2 Å². The van der Waals surface area contributed by atoms with E-state index in [1.54, 1.807) is 6.07 Å². The molecule has 130 valence electrons. The average Bonchev–Trinajstić information content (AvgIpc) is 2.52. The van der Waals surface area contributed by atoms with Crippen LogP contribution in [0.2, 0.25) is 0 Å². The quantitative estimate of drug-likeness (QED) is 0.668. The number of hydrogen-bond acceptors (Lipinski definition) is 7. The molecular weight excluding hydrogens is 320 g/mol. The van der Waals surface area contributed by atoms with Gasteiger partial charge in [-0.05, 0) is 12.1 Å². The molecule has 2 rings (SSSR count). The predicted molar refractivity (Wildman–Crippen MR) is 84.5 cm³/mol. The Morgan fingerprint density at radius 1 is 0.792 bits per heavy atom. The maximum absolute atomic E-state index is 11.0. The van der Waals surface area contributed by atoms with Gasteiger partial charge in [0.25, 0.3) is 0 Å². The van der Waals surface area contributed by atoms with E-state index in [4.69, 9.17) is 34.6 Å². The summed E-state index contributed by atoms with van der Waals surface area (Å²) in [6.45, 7) is 0. The third kappa shape index (κ3) is 4.60. The lowest BCUT2D eigenvalue weighted by Gasteiger charge is -2.12. The number of aromatic hydroxyl groups is 3. The fraction of sp³-hybridized carbons (Fsp3) is 0.188. The van der Waals surface area contributed by atoms with Crippen molar-refractivity contribution in [1.82, 2.24) is 0 Å². The number of carbonyl (C=O) groups is 1. The first kappa shape index (κ1) is 18.8. The van der Waals surface area contributed by atoms with Crippen LogP contribution >= 0.6 is 0 Å². The number of rotatable bonds is 4. The molecular formula is C16H18O8. The van der Waals surface area contributed by atoms with Crippen molar-refractivity contribution in [2.45, 2.75) is 0 Å². The van der Waals surface area contributed by atoms with E-state index in [2.05, 4.69) is 0 Å². The molecule has 2 aromatic carbocycles. The van der Waals surface area contributed by atoms with Crippen LogP contribution in [0.4, 0.5) is 0 Å². The van der Waals surface area contributed by atoms with Crippen LogP contribution in [-0.4, -0.2) is 47.7 Å². The molecule has 24 heavy (non-hydrogen) atoms. The van der Waals surface area contributed by atoms with Crippen LogP contribution in [0.3, 0.4) is 0 Å². The number of carboxylic acid groups (broad SMARTS) is 1. The first-order valence-electron chi connectivity index (χ1n) is 6.58. The summed E-state index contributed by atoms with van der Waals surface area (Å²) in [5.74, 6) is -0.810. The second-order valence-electron chi connectivity index (χ2n) is 4.39. The lowest BCUT2D eigenvalue weighted by molar-refractivity contribution is 0.0688. The summed E-state index contributed by atoms with van der Waals surface area (Å²) >= 11 is 0. The number of benzene rings is 2. The Hall–Kier alpha value is -3.29. The zero-order valence-corrected chi connectivity index (χ0v) is 13.3. The molecule has 8 nitrogen and oxygen atoms in total. The molecule has 0 aliphatic carbocycles. The highest BCUT2D eigenvalue weighted by Gasteiger charge is 2.21. The number of methoxy groups -OCH3 is 3. The third-order valence-corrected chi connectivity index (χ3v) is 2.83. The standard InChI is InChI=1S/C10H12O5.C6H6O3/c1-13-6-4-5-7(14-2)9(15-3)8(6)10(11)12;7-4-1-5(8)3-6(9)2-4/h4-5H,1-3H3,(H,11,12);1-3,7-9H. The Kier molecular flexibility index (Phi) is 6.54. The topological polar surface area (TPSA) is 126 Å². The molecule has 4 N–H and O–H groups in total. The molecule has 8 heteroatoms. The Morgan fingerprint density at radius 3 is 1.54 bits per heavy atom. The average molecular weight is 338 g/mol. The molecule has 0 bridgehead atoms. The molecule has 0 aliphatic rings. The molecule has 0 unspecified atom stereocenters. The Morgan fingerprint density at radius 2 is 1.21 bits per heavy atom. The second kappa shape index (κ2) is 8.37.